The Morgan fingerprint density at radius 3 is 2.18 bits per heavy atom. The van der Waals surface area contributed by atoms with E-state index in [-0.39, 0.29) is 12.0 Å². The minimum absolute atomic E-state index is 0.155. The molecule has 4 aromatic rings. The second-order valence-corrected chi connectivity index (χ2v) is 8.05. The Bertz CT molecular complexity index is 1300. The second kappa shape index (κ2) is 9.55. The van der Waals surface area contributed by atoms with E-state index < -0.39 is 23.5 Å². The number of benzene rings is 3. The predicted octanol–water partition coefficient (Wildman–Crippen LogP) is 6.85. The number of amides is 1. The van der Waals surface area contributed by atoms with Crippen LogP contribution in [0.15, 0.2) is 85.1 Å². The molecule has 0 saturated heterocycles. The second-order valence-electron chi connectivity index (χ2n) is 8.05. The maximum Gasteiger partial charge on any atom is 0.419 e. The first-order chi connectivity index (χ1) is 16.2. The van der Waals surface area contributed by atoms with Crippen LogP contribution in [0.2, 0.25) is 0 Å². The van der Waals surface area contributed by atoms with Crippen LogP contribution in [0.4, 0.5) is 23.4 Å². The number of aromatic nitrogens is 1. The monoisotopic (exact) mass is 466 g/mol. The average Bonchev–Trinajstić information content (AvgIpc) is 3.08. The van der Waals surface area contributed by atoms with Crippen molar-refractivity contribution in [2.45, 2.75) is 26.1 Å². The summed E-state index contributed by atoms with van der Waals surface area (Å²) in [6.45, 7) is 2.46. The summed E-state index contributed by atoms with van der Waals surface area (Å²) in [7, 11) is 0. The molecule has 0 fully saturated rings. The fourth-order valence-electron chi connectivity index (χ4n) is 3.96. The first-order valence-corrected chi connectivity index (χ1v) is 10.7. The van der Waals surface area contributed by atoms with E-state index in [1.807, 2.05) is 78.4 Å². The van der Waals surface area contributed by atoms with Crippen molar-refractivity contribution in [3.8, 4) is 11.1 Å². The molecule has 0 aliphatic rings. The lowest BCUT2D eigenvalue weighted by Gasteiger charge is -2.14. The van der Waals surface area contributed by atoms with Gasteiger partial charge >= 0.3 is 6.18 Å². The molecule has 7 heteroatoms. The molecule has 0 spiro atoms. The highest BCUT2D eigenvalue weighted by Gasteiger charge is 2.34. The van der Waals surface area contributed by atoms with Gasteiger partial charge in [-0.2, -0.15) is 13.2 Å². The molecule has 0 radical (unpaired) electrons. The number of rotatable bonds is 6. The summed E-state index contributed by atoms with van der Waals surface area (Å²) in [6.07, 6.45) is -3.10. The molecule has 0 aliphatic heterocycles. The molecule has 0 atom stereocenters. The Labute approximate surface area is 194 Å². The molecular weight excluding hydrogens is 444 g/mol. The van der Waals surface area contributed by atoms with Crippen molar-refractivity contribution in [3.63, 3.8) is 0 Å². The Kier molecular flexibility index (Phi) is 6.54. The van der Waals surface area contributed by atoms with Crippen LogP contribution in [-0.2, 0) is 23.9 Å². The van der Waals surface area contributed by atoms with Crippen molar-refractivity contribution in [1.82, 2.24) is 4.57 Å². The molecule has 0 aliphatic carbocycles. The molecule has 0 bridgehead atoms. The quantitative estimate of drug-likeness (QED) is 0.310. The molecule has 4 rings (SSSR count). The van der Waals surface area contributed by atoms with Crippen molar-refractivity contribution < 1.29 is 22.4 Å². The fourth-order valence-corrected chi connectivity index (χ4v) is 3.96. The molecule has 1 aromatic heterocycles. The van der Waals surface area contributed by atoms with E-state index in [0.717, 1.165) is 34.4 Å². The van der Waals surface area contributed by atoms with Gasteiger partial charge in [0.05, 0.1) is 12.0 Å². The SMILES string of the molecule is Cc1cn(Cc2ccccc2)c(NC(=O)Cc2ccc(C(F)(F)F)c(F)c2)c1-c1ccccc1. The van der Waals surface area contributed by atoms with Crippen LogP contribution in [0, 0.1) is 12.7 Å². The van der Waals surface area contributed by atoms with Crippen molar-refractivity contribution in [2.75, 3.05) is 5.32 Å². The van der Waals surface area contributed by atoms with Crippen LogP contribution in [0.3, 0.4) is 0 Å². The van der Waals surface area contributed by atoms with Crippen LogP contribution < -0.4 is 5.32 Å². The molecular formula is C27H22F4N2O. The predicted molar refractivity (Wildman–Crippen MR) is 124 cm³/mol. The van der Waals surface area contributed by atoms with Crippen LogP contribution in [0.1, 0.15) is 22.3 Å². The fraction of sp³-hybridized carbons (Fsp3) is 0.148. The number of alkyl halides is 3. The van der Waals surface area contributed by atoms with Gasteiger partial charge in [0.15, 0.2) is 0 Å². The smallest absolute Gasteiger partial charge is 0.329 e. The Morgan fingerprint density at radius 1 is 0.912 bits per heavy atom. The van der Waals surface area contributed by atoms with E-state index in [1.54, 1.807) is 0 Å². The summed E-state index contributed by atoms with van der Waals surface area (Å²) >= 11 is 0. The third kappa shape index (κ3) is 5.20. The summed E-state index contributed by atoms with van der Waals surface area (Å²) in [5.41, 5.74) is 2.57. The first kappa shape index (κ1) is 23.3. The van der Waals surface area contributed by atoms with E-state index in [1.165, 1.54) is 0 Å². The van der Waals surface area contributed by atoms with Crippen LogP contribution in [-0.4, -0.2) is 10.5 Å². The molecule has 174 valence electrons. The molecule has 1 N–H and O–H groups in total. The number of halogens is 4. The molecule has 1 amide bonds. The molecule has 3 nitrogen and oxygen atoms in total. The minimum Gasteiger partial charge on any atom is -0.329 e. The van der Waals surface area contributed by atoms with E-state index >= 15 is 0 Å². The van der Waals surface area contributed by atoms with Gasteiger partial charge in [-0.15, -0.1) is 0 Å². The van der Waals surface area contributed by atoms with E-state index in [2.05, 4.69) is 5.32 Å². The summed E-state index contributed by atoms with van der Waals surface area (Å²) in [5.74, 6) is -1.28. The van der Waals surface area contributed by atoms with Crippen molar-refractivity contribution in [3.05, 3.63) is 113 Å². The minimum atomic E-state index is -4.79. The molecule has 3 aromatic carbocycles. The lowest BCUT2D eigenvalue weighted by molar-refractivity contribution is -0.140. The lowest BCUT2D eigenvalue weighted by Crippen LogP contribution is -2.18. The number of aryl methyl sites for hydroxylation is 1. The van der Waals surface area contributed by atoms with Gasteiger partial charge in [-0.1, -0.05) is 66.7 Å². The maximum atomic E-state index is 14.0. The standard InChI is InChI=1S/C27H22F4N2O/c1-18-16-33(17-19-8-4-2-5-9-19)26(25(18)21-10-6-3-7-11-21)32-24(34)15-20-12-13-22(23(28)14-20)27(29,30)31/h2-14,16H,15,17H2,1H3,(H,32,34). The summed E-state index contributed by atoms with van der Waals surface area (Å²) in [4.78, 5) is 12.9. The van der Waals surface area contributed by atoms with Gasteiger partial charge < -0.3 is 9.88 Å². The average molecular weight is 466 g/mol. The zero-order chi connectivity index (χ0) is 24.3. The number of anilines is 1. The lowest BCUT2D eigenvalue weighted by atomic mass is 10.0. The summed E-state index contributed by atoms with van der Waals surface area (Å²) in [6, 6.07) is 21.9. The number of carbonyl (C=O) groups is 1. The van der Waals surface area contributed by atoms with Gasteiger partial charge in [0.25, 0.3) is 0 Å². The van der Waals surface area contributed by atoms with Gasteiger partial charge in [0.2, 0.25) is 5.91 Å². The largest absolute Gasteiger partial charge is 0.419 e. The number of nitrogens with zero attached hydrogens (tertiary/aromatic N) is 1. The van der Waals surface area contributed by atoms with E-state index in [0.29, 0.717) is 18.4 Å². The van der Waals surface area contributed by atoms with Crippen molar-refractivity contribution in [1.29, 1.82) is 0 Å². The number of hydrogen-bond acceptors (Lipinski definition) is 1. The molecule has 1 heterocycles. The summed E-state index contributed by atoms with van der Waals surface area (Å²) < 4.78 is 54.4. The van der Waals surface area contributed by atoms with Gasteiger partial charge in [-0.3, -0.25) is 4.79 Å². The van der Waals surface area contributed by atoms with Crippen LogP contribution in [0.5, 0.6) is 0 Å². The van der Waals surface area contributed by atoms with Crippen molar-refractivity contribution >= 4 is 11.7 Å². The van der Waals surface area contributed by atoms with Gasteiger partial charge in [0, 0.05) is 18.3 Å². The zero-order valence-corrected chi connectivity index (χ0v) is 18.4. The molecule has 0 saturated carbocycles. The number of hydrogen-bond donors (Lipinski definition) is 1. The zero-order valence-electron chi connectivity index (χ0n) is 18.4. The molecule has 34 heavy (non-hydrogen) atoms. The van der Waals surface area contributed by atoms with E-state index in [9.17, 15) is 22.4 Å². The van der Waals surface area contributed by atoms with Gasteiger partial charge in [-0.05, 0) is 41.3 Å². The Morgan fingerprint density at radius 2 is 1.56 bits per heavy atom. The van der Waals surface area contributed by atoms with Gasteiger partial charge in [0.1, 0.15) is 11.6 Å². The Balaban J connectivity index is 1.64. The number of nitrogens with one attached hydrogen (secondary N) is 1. The van der Waals surface area contributed by atoms with Crippen LogP contribution in [0.25, 0.3) is 11.1 Å². The van der Waals surface area contributed by atoms with Crippen LogP contribution >= 0.6 is 0 Å². The summed E-state index contributed by atoms with van der Waals surface area (Å²) in [5, 5.41) is 2.91. The number of carbonyl (C=O) groups excluding carboxylic acids is 1. The highest BCUT2D eigenvalue weighted by Crippen LogP contribution is 2.34. The Hall–Kier alpha value is -3.87. The normalized spacial score (nSPS) is 11.4. The maximum absolute atomic E-state index is 14.0. The third-order valence-electron chi connectivity index (χ3n) is 5.49. The van der Waals surface area contributed by atoms with Gasteiger partial charge in [-0.25, -0.2) is 4.39 Å². The third-order valence-corrected chi connectivity index (χ3v) is 5.49. The first-order valence-electron chi connectivity index (χ1n) is 10.7. The topological polar surface area (TPSA) is 34.0 Å². The highest BCUT2D eigenvalue weighted by molar-refractivity contribution is 5.96. The van der Waals surface area contributed by atoms with Crippen molar-refractivity contribution in [2.24, 2.45) is 0 Å². The molecule has 0 unspecified atom stereocenters. The highest BCUT2D eigenvalue weighted by atomic mass is 19.4. The van der Waals surface area contributed by atoms with E-state index in [4.69, 9.17) is 0 Å².